The highest BCUT2D eigenvalue weighted by atomic mass is 16.7. The average molecular weight is 454 g/mol. The number of carbonyl (C=O) groups excluding carboxylic acids is 4. The van der Waals surface area contributed by atoms with E-state index in [4.69, 9.17) is 14.3 Å². The molecule has 3 amide bonds. The van der Waals surface area contributed by atoms with Crippen LogP contribution in [0.2, 0.25) is 0 Å². The standard InChI is InChI=1S/C24H26N2O7/c1-24(2,3)33-23(30)25-19(22(29)31-4)13-15-9-11-16(12-10-15)14-32-26-20(27)17-7-5-6-8-18(17)21(26)28/h5-12,19H,13-14H2,1-4H3,(H,25,30). The molecule has 1 aliphatic heterocycles. The van der Waals surface area contributed by atoms with Gasteiger partial charge < -0.3 is 14.8 Å². The van der Waals surface area contributed by atoms with Gasteiger partial charge >= 0.3 is 12.1 Å². The monoisotopic (exact) mass is 454 g/mol. The zero-order valence-corrected chi connectivity index (χ0v) is 18.9. The van der Waals surface area contributed by atoms with Crippen LogP contribution in [0.4, 0.5) is 4.79 Å². The molecule has 0 bridgehead atoms. The summed E-state index contributed by atoms with van der Waals surface area (Å²) >= 11 is 0. The van der Waals surface area contributed by atoms with Crippen molar-refractivity contribution < 1.29 is 33.5 Å². The maximum Gasteiger partial charge on any atom is 0.408 e. The predicted molar refractivity (Wildman–Crippen MR) is 117 cm³/mol. The summed E-state index contributed by atoms with van der Waals surface area (Å²) in [6.07, 6.45) is -0.533. The van der Waals surface area contributed by atoms with Crippen molar-refractivity contribution in [2.45, 2.75) is 45.4 Å². The Morgan fingerprint density at radius 3 is 2.00 bits per heavy atom. The van der Waals surface area contributed by atoms with E-state index in [-0.39, 0.29) is 13.0 Å². The molecule has 0 radical (unpaired) electrons. The first kappa shape index (κ1) is 23.9. The average Bonchev–Trinajstić information content (AvgIpc) is 3.01. The van der Waals surface area contributed by atoms with Crippen molar-refractivity contribution in [3.8, 4) is 0 Å². The molecular formula is C24H26N2O7. The summed E-state index contributed by atoms with van der Waals surface area (Å²) in [5.74, 6) is -1.60. The number of benzene rings is 2. The molecule has 1 N–H and O–H groups in total. The number of hydroxylamine groups is 2. The third-order valence-electron chi connectivity index (χ3n) is 4.76. The van der Waals surface area contributed by atoms with Crippen molar-refractivity contribution in [3.05, 3.63) is 70.8 Å². The van der Waals surface area contributed by atoms with Gasteiger partial charge in [-0.3, -0.25) is 14.4 Å². The lowest BCUT2D eigenvalue weighted by atomic mass is 10.0. The topological polar surface area (TPSA) is 111 Å². The molecule has 2 aromatic carbocycles. The van der Waals surface area contributed by atoms with E-state index in [1.807, 2.05) is 0 Å². The normalized spacial score (nSPS) is 14.0. The van der Waals surface area contributed by atoms with Crippen molar-refractivity contribution >= 4 is 23.9 Å². The minimum absolute atomic E-state index is 0.00232. The van der Waals surface area contributed by atoms with E-state index in [9.17, 15) is 19.2 Å². The van der Waals surface area contributed by atoms with Gasteiger partial charge in [-0.15, -0.1) is 5.06 Å². The van der Waals surface area contributed by atoms with Gasteiger partial charge in [0.25, 0.3) is 11.8 Å². The van der Waals surface area contributed by atoms with E-state index in [0.717, 1.165) is 10.6 Å². The highest BCUT2D eigenvalue weighted by Crippen LogP contribution is 2.23. The lowest BCUT2D eigenvalue weighted by molar-refractivity contribution is -0.143. The fraction of sp³-hybridized carbons (Fsp3) is 0.333. The van der Waals surface area contributed by atoms with Gasteiger partial charge in [-0.05, 0) is 44.0 Å². The maximum atomic E-state index is 12.4. The molecule has 1 atom stereocenters. The summed E-state index contributed by atoms with van der Waals surface area (Å²) in [5, 5.41) is 3.29. The number of ether oxygens (including phenoxy) is 2. The highest BCUT2D eigenvalue weighted by Gasteiger charge is 2.36. The van der Waals surface area contributed by atoms with Crippen molar-refractivity contribution in [2.24, 2.45) is 0 Å². The van der Waals surface area contributed by atoms with Crippen LogP contribution in [-0.2, 0) is 32.1 Å². The van der Waals surface area contributed by atoms with E-state index < -0.39 is 35.5 Å². The molecule has 0 saturated heterocycles. The number of methoxy groups -OCH3 is 1. The number of nitrogens with zero attached hydrogens (tertiary/aromatic N) is 1. The van der Waals surface area contributed by atoms with Gasteiger partial charge in [-0.25, -0.2) is 9.59 Å². The summed E-state index contributed by atoms with van der Waals surface area (Å²) in [6, 6.07) is 12.6. The predicted octanol–water partition coefficient (Wildman–Crippen LogP) is 3.02. The Morgan fingerprint density at radius 2 is 1.48 bits per heavy atom. The number of hydrogen-bond acceptors (Lipinski definition) is 7. The Balaban J connectivity index is 1.60. The third kappa shape index (κ3) is 5.95. The molecule has 33 heavy (non-hydrogen) atoms. The molecule has 2 aromatic rings. The number of esters is 1. The van der Waals surface area contributed by atoms with Crippen LogP contribution in [-0.4, -0.2) is 47.7 Å². The highest BCUT2D eigenvalue weighted by molar-refractivity contribution is 6.20. The van der Waals surface area contributed by atoms with Crippen molar-refractivity contribution in [1.82, 2.24) is 10.4 Å². The van der Waals surface area contributed by atoms with Crippen molar-refractivity contribution in [1.29, 1.82) is 0 Å². The fourth-order valence-corrected chi connectivity index (χ4v) is 3.22. The molecule has 0 spiro atoms. The molecule has 9 heteroatoms. The van der Waals surface area contributed by atoms with Gasteiger partial charge in [0.05, 0.1) is 18.2 Å². The summed E-state index contributed by atoms with van der Waals surface area (Å²) in [5.41, 5.74) is 1.38. The van der Waals surface area contributed by atoms with Crippen LogP contribution in [0.1, 0.15) is 52.6 Å². The Bertz CT molecular complexity index is 1020. The summed E-state index contributed by atoms with van der Waals surface area (Å²) in [7, 11) is 1.24. The Kier molecular flexibility index (Phi) is 7.13. The molecule has 0 saturated carbocycles. The van der Waals surface area contributed by atoms with Gasteiger partial charge in [-0.2, -0.15) is 0 Å². The van der Waals surface area contributed by atoms with E-state index in [1.165, 1.54) is 7.11 Å². The van der Waals surface area contributed by atoms with Crippen LogP contribution in [0, 0.1) is 0 Å². The zero-order chi connectivity index (χ0) is 24.2. The van der Waals surface area contributed by atoms with Crippen LogP contribution in [0.5, 0.6) is 0 Å². The van der Waals surface area contributed by atoms with Crippen molar-refractivity contribution in [3.63, 3.8) is 0 Å². The molecule has 174 valence electrons. The molecule has 1 heterocycles. The number of fused-ring (bicyclic) bond motifs is 1. The number of imide groups is 1. The van der Waals surface area contributed by atoms with E-state index >= 15 is 0 Å². The quantitative estimate of drug-likeness (QED) is 0.506. The second-order valence-electron chi connectivity index (χ2n) is 8.47. The fourth-order valence-electron chi connectivity index (χ4n) is 3.22. The maximum absolute atomic E-state index is 12.4. The molecular weight excluding hydrogens is 428 g/mol. The van der Waals surface area contributed by atoms with E-state index in [2.05, 4.69) is 5.32 Å². The largest absolute Gasteiger partial charge is 0.467 e. The number of amides is 3. The van der Waals surface area contributed by atoms with Crippen LogP contribution in [0.15, 0.2) is 48.5 Å². The number of rotatable bonds is 7. The second kappa shape index (κ2) is 9.83. The van der Waals surface area contributed by atoms with Crippen molar-refractivity contribution in [2.75, 3.05) is 7.11 Å². The first-order chi connectivity index (χ1) is 15.6. The Hall–Kier alpha value is -3.72. The van der Waals surface area contributed by atoms with E-state index in [0.29, 0.717) is 16.7 Å². The summed E-state index contributed by atoms with van der Waals surface area (Å²) in [6.45, 7) is 5.18. The molecule has 0 aliphatic carbocycles. The lowest BCUT2D eigenvalue weighted by Gasteiger charge is -2.22. The van der Waals surface area contributed by atoms with Crippen LogP contribution < -0.4 is 5.32 Å². The first-order valence-corrected chi connectivity index (χ1v) is 10.3. The first-order valence-electron chi connectivity index (χ1n) is 10.3. The van der Waals surface area contributed by atoms with Crippen LogP contribution in [0.25, 0.3) is 0 Å². The van der Waals surface area contributed by atoms with E-state index in [1.54, 1.807) is 69.3 Å². The molecule has 1 aliphatic rings. The number of nitrogens with one attached hydrogen (secondary N) is 1. The van der Waals surface area contributed by atoms with Gasteiger partial charge in [-0.1, -0.05) is 36.4 Å². The minimum Gasteiger partial charge on any atom is -0.467 e. The molecule has 9 nitrogen and oxygen atoms in total. The Labute approximate surface area is 191 Å². The molecule has 0 aromatic heterocycles. The third-order valence-corrected chi connectivity index (χ3v) is 4.76. The summed E-state index contributed by atoms with van der Waals surface area (Å²) in [4.78, 5) is 54.4. The Morgan fingerprint density at radius 1 is 0.939 bits per heavy atom. The summed E-state index contributed by atoms with van der Waals surface area (Å²) < 4.78 is 9.99. The lowest BCUT2D eigenvalue weighted by Crippen LogP contribution is -2.45. The van der Waals surface area contributed by atoms with Gasteiger partial charge in [0.1, 0.15) is 18.2 Å². The number of alkyl carbamates (subject to hydrolysis) is 1. The SMILES string of the molecule is COC(=O)C(Cc1ccc(CON2C(=O)c3ccccc3C2=O)cc1)NC(=O)OC(C)(C)C. The van der Waals surface area contributed by atoms with Crippen LogP contribution in [0.3, 0.4) is 0 Å². The van der Waals surface area contributed by atoms with Gasteiger partial charge in [0.15, 0.2) is 0 Å². The number of carbonyl (C=O) groups is 4. The molecule has 3 rings (SSSR count). The molecule has 0 fully saturated rings. The molecule has 1 unspecified atom stereocenters. The van der Waals surface area contributed by atoms with Crippen LogP contribution >= 0.6 is 0 Å². The number of hydrogen-bond donors (Lipinski definition) is 1. The second-order valence-corrected chi connectivity index (χ2v) is 8.47. The van der Waals surface area contributed by atoms with Gasteiger partial charge in [0.2, 0.25) is 0 Å². The minimum atomic E-state index is -0.926. The van der Waals surface area contributed by atoms with Gasteiger partial charge in [0, 0.05) is 6.42 Å². The smallest absolute Gasteiger partial charge is 0.408 e. The zero-order valence-electron chi connectivity index (χ0n) is 18.9.